The predicted octanol–water partition coefficient (Wildman–Crippen LogP) is -0.674. The van der Waals surface area contributed by atoms with Gasteiger partial charge in [-0.05, 0) is 6.07 Å². The van der Waals surface area contributed by atoms with E-state index in [0.29, 0.717) is 12.2 Å². The Morgan fingerprint density at radius 3 is 3.14 bits per heavy atom. The van der Waals surface area contributed by atoms with E-state index >= 15 is 0 Å². The van der Waals surface area contributed by atoms with E-state index in [-0.39, 0.29) is 6.04 Å². The molecule has 2 heterocycles. The first-order valence-electron chi connectivity index (χ1n) is 4.26. The minimum absolute atomic E-state index is 0.282. The highest BCUT2D eigenvalue weighted by Gasteiger charge is 2.34. The van der Waals surface area contributed by atoms with Crippen molar-refractivity contribution in [1.29, 1.82) is 0 Å². The number of hydrogen-bond donors (Lipinski definition) is 3. The molecule has 1 aliphatic heterocycles. The maximum absolute atomic E-state index is 10.9. The van der Waals surface area contributed by atoms with Gasteiger partial charge in [0.15, 0.2) is 0 Å². The van der Waals surface area contributed by atoms with Crippen LogP contribution in [0.2, 0.25) is 0 Å². The zero-order valence-corrected chi connectivity index (χ0v) is 7.34. The van der Waals surface area contributed by atoms with E-state index in [1.54, 1.807) is 12.3 Å². The van der Waals surface area contributed by atoms with Crippen LogP contribution in [0.25, 0.3) is 0 Å². The maximum Gasteiger partial charge on any atom is 0.309 e. The maximum atomic E-state index is 10.9. The highest BCUT2D eigenvalue weighted by molar-refractivity contribution is 5.71. The zero-order chi connectivity index (χ0) is 9.97. The van der Waals surface area contributed by atoms with Gasteiger partial charge in [-0.3, -0.25) is 10.2 Å². The van der Waals surface area contributed by atoms with Gasteiger partial charge in [-0.2, -0.15) is 0 Å². The second kappa shape index (κ2) is 3.69. The molecule has 0 radical (unpaired) electrons. The Labute approximate surface area is 80.4 Å². The van der Waals surface area contributed by atoms with Crippen molar-refractivity contribution in [2.75, 3.05) is 6.54 Å². The number of nitrogens with zero attached hydrogens (tertiary/aromatic N) is 2. The van der Waals surface area contributed by atoms with Gasteiger partial charge in [0, 0.05) is 12.7 Å². The number of rotatable bonds is 2. The Morgan fingerprint density at radius 1 is 1.64 bits per heavy atom. The second-order valence-corrected chi connectivity index (χ2v) is 3.08. The molecule has 1 aromatic rings. The van der Waals surface area contributed by atoms with Crippen molar-refractivity contribution in [2.24, 2.45) is 5.92 Å². The Kier molecular flexibility index (Phi) is 2.38. The molecule has 0 aliphatic carbocycles. The Morgan fingerprint density at radius 2 is 2.50 bits per heavy atom. The summed E-state index contributed by atoms with van der Waals surface area (Å²) in [6.07, 6.45) is 3.01. The molecule has 0 aromatic carbocycles. The zero-order valence-electron chi connectivity index (χ0n) is 7.34. The summed E-state index contributed by atoms with van der Waals surface area (Å²) in [5.41, 5.74) is 6.39. The molecule has 6 heteroatoms. The topological polar surface area (TPSA) is 87.1 Å². The van der Waals surface area contributed by atoms with E-state index in [4.69, 9.17) is 5.11 Å². The van der Waals surface area contributed by atoms with Crippen molar-refractivity contribution in [3.8, 4) is 0 Å². The van der Waals surface area contributed by atoms with Crippen molar-refractivity contribution in [1.82, 2.24) is 20.8 Å². The lowest BCUT2D eigenvalue weighted by atomic mass is 9.99. The second-order valence-electron chi connectivity index (χ2n) is 3.08. The summed E-state index contributed by atoms with van der Waals surface area (Å²) in [4.78, 5) is 18.7. The van der Waals surface area contributed by atoms with E-state index in [9.17, 15) is 4.79 Å². The summed E-state index contributed by atoms with van der Waals surface area (Å²) in [5, 5.41) is 8.92. The van der Waals surface area contributed by atoms with Gasteiger partial charge in [0.2, 0.25) is 0 Å². The molecule has 1 aliphatic rings. The number of carboxylic acids is 1. The summed E-state index contributed by atoms with van der Waals surface area (Å²) in [7, 11) is 0. The molecule has 2 unspecified atom stereocenters. The third kappa shape index (κ3) is 1.57. The van der Waals surface area contributed by atoms with Crippen LogP contribution in [0.1, 0.15) is 11.7 Å². The summed E-state index contributed by atoms with van der Waals surface area (Å²) in [6.45, 7) is 0.407. The number of hydrazine groups is 1. The van der Waals surface area contributed by atoms with Gasteiger partial charge in [-0.1, -0.05) is 0 Å². The normalized spacial score (nSPS) is 26.3. The van der Waals surface area contributed by atoms with Crippen molar-refractivity contribution >= 4 is 5.97 Å². The number of nitrogens with one attached hydrogen (secondary N) is 2. The van der Waals surface area contributed by atoms with Crippen LogP contribution in [0.3, 0.4) is 0 Å². The molecule has 1 fully saturated rings. The number of aliphatic carboxylic acids is 1. The first kappa shape index (κ1) is 9.04. The number of carbonyl (C=O) groups is 1. The predicted molar refractivity (Wildman–Crippen MR) is 47.0 cm³/mol. The van der Waals surface area contributed by atoms with Crippen molar-refractivity contribution < 1.29 is 9.90 Å². The van der Waals surface area contributed by atoms with Crippen molar-refractivity contribution in [3.63, 3.8) is 0 Å². The third-order valence-corrected chi connectivity index (χ3v) is 2.22. The lowest BCUT2D eigenvalue weighted by Crippen LogP contribution is -2.27. The SMILES string of the molecule is O=C(O)C1CNNC1c1ccncn1. The molecule has 2 rings (SSSR count). The Hall–Kier alpha value is -1.53. The molecular weight excluding hydrogens is 184 g/mol. The van der Waals surface area contributed by atoms with Gasteiger partial charge in [0.05, 0.1) is 17.7 Å². The molecule has 1 aromatic heterocycles. The molecule has 0 bridgehead atoms. The fourth-order valence-corrected chi connectivity index (χ4v) is 1.49. The van der Waals surface area contributed by atoms with Gasteiger partial charge in [0.1, 0.15) is 6.33 Å². The minimum atomic E-state index is -0.828. The Balaban J connectivity index is 2.22. The van der Waals surface area contributed by atoms with Crippen LogP contribution in [0.4, 0.5) is 0 Å². The highest BCUT2D eigenvalue weighted by atomic mass is 16.4. The molecule has 0 spiro atoms. The van der Waals surface area contributed by atoms with Gasteiger partial charge < -0.3 is 5.11 Å². The van der Waals surface area contributed by atoms with Crippen LogP contribution < -0.4 is 10.9 Å². The quantitative estimate of drug-likeness (QED) is 0.578. The number of aromatic nitrogens is 2. The molecular formula is C8H10N4O2. The van der Waals surface area contributed by atoms with E-state index in [2.05, 4.69) is 20.8 Å². The molecule has 2 atom stereocenters. The van der Waals surface area contributed by atoms with Gasteiger partial charge in [-0.25, -0.2) is 15.4 Å². The third-order valence-electron chi connectivity index (χ3n) is 2.22. The van der Waals surface area contributed by atoms with E-state index in [0.717, 1.165) is 0 Å². The summed E-state index contributed by atoms with van der Waals surface area (Å²) in [6, 6.07) is 1.43. The molecule has 0 amide bonds. The molecule has 1 saturated heterocycles. The number of hydrogen-bond acceptors (Lipinski definition) is 5. The van der Waals surface area contributed by atoms with Crippen LogP contribution in [0.5, 0.6) is 0 Å². The lowest BCUT2D eigenvalue weighted by molar-refractivity contribution is -0.141. The van der Waals surface area contributed by atoms with E-state index in [1.807, 2.05) is 0 Å². The van der Waals surface area contributed by atoms with Crippen LogP contribution >= 0.6 is 0 Å². The Bertz CT molecular complexity index is 329. The molecule has 14 heavy (non-hydrogen) atoms. The average Bonchev–Trinajstić information content (AvgIpc) is 2.67. The van der Waals surface area contributed by atoms with Crippen molar-refractivity contribution in [3.05, 3.63) is 24.3 Å². The van der Waals surface area contributed by atoms with Crippen LogP contribution in [0, 0.1) is 5.92 Å². The van der Waals surface area contributed by atoms with Gasteiger partial charge in [-0.15, -0.1) is 0 Å². The van der Waals surface area contributed by atoms with E-state index in [1.165, 1.54) is 6.33 Å². The highest BCUT2D eigenvalue weighted by Crippen LogP contribution is 2.22. The number of carboxylic acid groups (broad SMARTS) is 1. The van der Waals surface area contributed by atoms with Gasteiger partial charge in [0.25, 0.3) is 0 Å². The molecule has 3 N–H and O–H groups in total. The molecule has 74 valence electrons. The summed E-state index contributed by atoms with van der Waals surface area (Å²) >= 11 is 0. The van der Waals surface area contributed by atoms with E-state index < -0.39 is 11.9 Å². The minimum Gasteiger partial charge on any atom is -0.481 e. The van der Waals surface area contributed by atoms with Crippen molar-refractivity contribution in [2.45, 2.75) is 6.04 Å². The monoisotopic (exact) mass is 194 g/mol. The smallest absolute Gasteiger partial charge is 0.309 e. The molecule has 0 saturated carbocycles. The van der Waals surface area contributed by atoms with Crippen LogP contribution in [0.15, 0.2) is 18.6 Å². The lowest BCUT2D eigenvalue weighted by Gasteiger charge is -2.13. The largest absolute Gasteiger partial charge is 0.481 e. The first-order chi connectivity index (χ1) is 6.79. The molecule has 6 nitrogen and oxygen atoms in total. The fourth-order valence-electron chi connectivity index (χ4n) is 1.49. The van der Waals surface area contributed by atoms with Gasteiger partial charge >= 0.3 is 5.97 Å². The van der Waals surface area contributed by atoms with Crippen LogP contribution in [-0.2, 0) is 4.79 Å². The van der Waals surface area contributed by atoms with Crippen LogP contribution in [-0.4, -0.2) is 27.6 Å². The summed E-state index contributed by atoms with van der Waals surface area (Å²) < 4.78 is 0. The average molecular weight is 194 g/mol. The standard InChI is InChI=1S/C8H10N4O2/c13-8(14)5-3-11-12-7(5)6-1-2-9-4-10-6/h1-2,4-5,7,11-12H,3H2,(H,13,14). The summed E-state index contributed by atoms with van der Waals surface area (Å²) in [5.74, 6) is -1.31. The fraction of sp³-hybridized carbons (Fsp3) is 0.375. The first-order valence-corrected chi connectivity index (χ1v) is 4.26.